The molecule has 8 nitrogen and oxygen atoms in total. The van der Waals surface area contributed by atoms with Crippen LogP contribution in [0.25, 0.3) is 0 Å². The van der Waals surface area contributed by atoms with Crippen molar-refractivity contribution in [2.75, 3.05) is 26.4 Å². The summed E-state index contributed by atoms with van der Waals surface area (Å²) in [5, 5.41) is 8.36. The molecule has 0 aliphatic heterocycles. The zero-order valence-electron chi connectivity index (χ0n) is 14.8. The van der Waals surface area contributed by atoms with Crippen molar-refractivity contribution >= 4 is 23.7 Å². The topological polar surface area (TPSA) is 116 Å². The molecule has 0 saturated heterocycles. The van der Waals surface area contributed by atoms with E-state index in [1.807, 2.05) is 0 Å². The summed E-state index contributed by atoms with van der Waals surface area (Å²) >= 11 is 0. The van der Waals surface area contributed by atoms with E-state index in [9.17, 15) is 19.2 Å². The molecule has 8 heteroatoms. The number of carboxylic acid groups (broad SMARTS) is 1. The van der Waals surface area contributed by atoms with Gasteiger partial charge in [0.15, 0.2) is 0 Å². The summed E-state index contributed by atoms with van der Waals surface area (Å²) in [7, 11) is 0. The quantitative estimate of drug-likeness (QED) is 0.252. The van der Waals surface area contributed by atoms with Crippen LogP contribution in [0, 0.1) is 0 Å². The summed E-state index contributed by atoms with van der Waals surface area (Å²) in [6.07, 6.45) is 5.10. The Morgan fingerprint density at radius 3 is 1.84 bits per heavy atom. The van der Waals surface area contributed by atoms with Gasteiger partial charge in [-0.1, -0.05) is 32.6 Å². The zero-order chi connectivity index (χ0) is 18.9. The fourth-order valence-electron chi connectivity index (χ4n) is 1.87. The average Bonchev–Trinajstić information content (AvgIpc) is 2.58. The van der Waals surface area contributed by atoms with Crippen LogP contribution in [0.15, 0.2) is 0 Å². The lowest BCUT2D eigenvalue weighted by Crippen LogP contribution is -2.17. The second-order valence-electron chi connectivity index (χ2n) is 5.45. The third-order valence-electron chi connectivity index (χ3n) is 3.26. The number of rotatable bonds is 16. The largest absolute Gasteiger partial charge is 0.476 e. The Bertz CT molecular complexity index is 419. The summed E-state index contributed by atoms with van der Waals surface area (Å²) in [6.45, 7) is 2.61. The molecule has 144 valence electrons. The summed E-state index contributed by atoms with van der Waals surface area (Å²) in [4.78, 5) is 43.7. The number of Topliss-reactive ketones (excluding diaryl/α,β-unsaturated/α-hetero) is 1. The standard InChI is InChI=1S/C17H28O8/c1-2-3-4-5-6-7-15(19)24-12-10-23-11-13-25-16(20)9-8-14(18)17(21)22/h2-13H2,1H3,(H,21,22). The van der Waals surface area contributed by atoms with Gasteiger partial charge in [-0.05, 0) is 6.42 Å². The van der Waals surface area contributed by atoms with Gasteiger partial charge in [0.1, 0.15) is 13.2 Å². The molecule has 0 saturated carbocycles. The van der Waals surface area contributed by atoms with Crippen LogP contribution in [-0.4, -0.2) is 55.2 Å². The van der Waals surface area contributed by atoms with Crippen LogP contribution in [0.4, 0.5) is 0 Å². The van der Waals surface area contributed by atoms with Crippen molar-refractivity contribution in [3.8, 4) is 0 Å². The van der Waals surface area contributed by atoms with E-state index in [0.29, 0.717) is 6.42 Å². The Balaban J connectivity index is 3.40. The Labute approximate surface area is 147 Å². The predicted octanol–water partition coefficient (Wildman–Crippen LogP) is 1.88. The molecule has 0 bridgehead atoms. The monoisotopic (exact) mass is 360 g/mol. The molecule has 0 heterocycles. The summed E-state index contributed by atoms with van der Waals surface area (Å²) < 4.78 is 14.9. The highest BCUT2D eigenvalue weighted by atomic mass is 16.6. The average molecular weight is 360 g/mol. The molecule has 0 radical (unpaired) electrons. The van der Waals surface area contributed by atoms with Crippen molar-refractivity contribution in [3.05, 3.63) is 0 Å². The van der Waals surface area contributed by atoms with Gasteiger partial charge in [0.05, 0.1) is 19.6 Å². The fraction of sp³-hybridized carbons (Fsp3) is 0.765. The van der Waals surface area contributed by atoms with Gasteiger partial charge in [0.25, 0.3) is 0 Å². The molecule has 0 aromatic heterocycles. The zero-order valence-corrected chi connectivity index (χ0v) is 14.8. The van der Waals surface area contributed by atoms with Crippen molar-refractivity contribution in [3.63, 3.8) is 0 Å². The SMILES string of the molecule is CCCCCCCC(=O)OCCOCCOC(=O)CCC(=O)C(=O)O. The first-order valence-corrected chi connectivity index (χ1v) is 8.62. The molecule has 0 fully saturated rings. The molecule has 0 atom stereocenters. The van der Waals surface area contributed by atoms with Gasteiger partial charge in [-0.3, -0.25) is 14.4 Å². The molecule has 0 aromatic carbocycles. The minimum Gasteiger partial charge on any atom is -0.476 e. The van der Waals surface area contributed by atoms with E-state index >= 15 is 0 Å². The molecular formula is C17H28O8. The van der Waals surface area contributed by atoms with Gasteiger partial charge in [-0.15, -0.1) is 0 Å². The van der Waals surface area contributed by atoms with E-state index in [4.69, 9.17) is 19.3 Å². The van der Waals surface area contributed by atoms with E-state index in [2.05, 4.69) is 6.92 Å². The van der Waals surface area contributed by atoms with Crippen molar-refractivity contribution in [1.82, 2.24) is 0 Å². The highest BCUT2D eigenvalue weighted by Gasteiger charge is 2.14. The lowest BCUT2D eigenvalue weighted by Gasteiger charge is -2.07. The van der Waals surface area contributed by atoms with Crippen LogP contribution in [0.2, 0.25) is 0 Å². The summed E-state index contributed by atoms with van der Waals surface area (Å²) in [5.41, 5.74) is 0. The number of carboxylic acids is 1. The maximum atomic E-state index is 11.4. The molecule has 25 heavy (non-hydrogen) atoms. The smallest absolute Gasteiger partial charge is 0.372 e. The van der Waals surface area contributed by atoms with Crippen LogP contribution in [0.1, 0.15) is 58.3 Å². The molecule has 0 rings (SSSR count). The number of ketones is 1. The lowest BCUT2D eigenvalue weighted by atomic mass is 10.1. The third kappa shape index (κ3) is 15.3. The van der Waals surface area contributed by atoms with Crippen LogP contribution in [0.3, 0.4) is 0 Å². The Kier molecular flexibility index (Phi) is 14.3. The molecule has 0 aromatic rings. The summed E-state index contributed by atoms with van der Waals surface area (Å²) in [5.74, 6) is -3.49. The van der Waals surface area contributed by atoms with Crippen molar-refractivity contribution in [2.24, 2.45) is 0 Å². The lowest BCUT2D eigenvalue weighted by molar-refractivity contribution is -0.151. The molecular weight excluding hydrogens is 332 g/mol. The minimum atomic E-state index is -1.56. The highest BCUT2D eigenvalue weighted by molar-refractivity contribution is 6.32. The molecule has 1 N–H and O–H groups in total. The van der Waals surface area contributed by atoms with Gasteiger partial charge in [-0.25, -0.2) is 4.79 Å². The number of unbranched alkanes of at least 4 members (excludes halogenated alkanes) is 4. The number of carbonyl (C=O) groups is 4. The van der Waals surface area contributed by atoms with Crippen molar-refractivity contribution in [1.29, 1.82) is 0 Å². The number of ether oxygens (including phenoxy) is 3. The fourth-order valence-corrected chi connectivity index (χ4v) is 1.87. The van der Waals surface area contributed by atoms with E-state index in [-0.39, 0.29) is 45.2 Å². The van der Waals surface area contributed by atoms with Gasteiger partial charge >= 0.3 is 17.9 Å². The molecule has 0 spiro atoms. The second-order valence-corrected chi connectivity index (χ2v) is 5.45. The van der Waals surface area contributed by atoms with Gasteiger partial charge in [0, 0.05) is 12.8 Å². The molecule has 0 unspecified atom stereocenters. The third-order valence-corrected chi connectivity index (χ3v) is 3.26. The van der Waals surface area contributed by atoms with Gasteiger partial charge in [-0.2, -0.15) is 0 Å². The number of aliphatic carboxylic acids is 1. The second kappa shape index (κ2) is 15.6. The first-order chi connectivity index (χ1) is 12.0. The first-order valence-electron chi connectivity index (χ1n) is 8.62. The molecule has 0 amide bonds. The van der Waals surface area contributed by atoms with Crippen LogP contribution in [0.5, 0.6) is 0 Å². The van der Waals surface area contributed by atoms with Crippen LogP contribution < -0.4 is 0 Å². The van der Waals surface area contributed by atoms with Gasteiger partial charge in [0.2, 0.25) is 5.78 Å². The number of hydrogen-bond donors (Lipinski definition) is 1. The van der Waals surface area contributed by atoms with Crippen LogP contribution in [-0.2, 0) is 33.4 Å². The number of hydrogen-bond acceptors (Lipinski definition) is 7. The van der Waals surface area contributed by atoms with E-state index in [1.54, 1.807) is 0 Å². The van der Waals surface area contributed by atoms with E-state index in [1.165, 1.54) is 6.42 Å². The Hall–Kier alpha value is -1.96. The minimum absolute atomic E-state index is 0.00846. The highest BCUT2D eigenvalue weighted by Crippen LogP contribution is 2.05. The number of carbonyl (C=O) groups excluding carboxylic acids is 3. The number of esters is 2. The van der Waals surface area contributed by atoms with E-state index < -0.39 is 17.7 Å². The Morgan fingerprint density at radius 1 is 0.720 bits per heavy atom. The maximum absolute atomic E-state index is 11.4. The molecule has 0 aliphatic rings. The van der Waals surface area contributed by atoms with Crippen LogP contribution >= 0.6 is 0 Å². The normalized spacial score (nSPS) is 10.3. The summed E-state index contributed by atoms with van der Waals surface area (Å²) in [6, 6.07) is 0. The Morgan fingerprint density at radius 2 is 1.28 bits per heavy atom. The molecule has 0 aliphatic carbocycles. The first kappa shape index (κ1) is 23.0. The van der Waals surface area contributed by atoms with Crippen molar-refractivity contribution < 1.29 is 38.5 Å². The van der Waals surface area contributed by atoms with E-state index in [0.717, 1.165) is 25.7 Å². The maximum Gasteiger partial charge on any atom is 0.372 e. The predicted molar refractivity (Wildman–Crippen MR) is 88.0 cm³/mol. The van der Waals surface area contributed by atoms with Gasteiger partial charge < -0.3 is 19.3 Å². The van der Waals surface area contributed by atoms with Crippen molar-refractivity contribution in [2.45, 2.75) is 58.3 Å².